The summed E-state index contributed by atoms with van der Waals surface area (Å²) in [5.41, 5.74) is 1.61. The van der Waals surface area contributed by atoms with E-state index in [0.717, 1.165) is 31.4 Å². The van der Waals surface area contributed by atoms with Gasteiger partial charge in [0.25, 0.3) is 0 Å². The van der Waals surface area contributed by atoms with Crippen LogP contribution in [0.4, 0.5) is 5.69 Å². The van der Waals surface area contributed by atoms with Gasteiger partial charge in [0.2, 0.25) is 11.8 Å². The van der Waals surface area contributed by atoms with E-state index in [9.17, 15) is 9.59 Å². The molecule has 0 aromatic heterocycles. The van der Waals surface area contributed by atoms with E-state index >= 15 is 0 Å². The molecule has 1 heterocycles. The summed E-state index contributed by atoms with van der Waals surface area (Å²) in [6.45, 7) is 0. The van der Waals surface area contributed by atoms with Crippen molar-refractivity contribution in [1.29, 1.82) is 0 Å². The third kappa shape index (κ3) is 5.06. The number of nitrogens with one attached hydrogen (secondary N) is 2. The molecule has 1 saturated carbocycles. The maximum Gasteiger partial charge on any atom is 0.240 e. The summed E-state index contributed by atoms with van der Waals surface area (Å²) in [7, 11) is 0. The largest absolute Gasteiger partial charge is 0.325 e. The Morgan fingerprint density at radius 2 is 2.00 bits per heavy atom. The lowest BCUT2D eigenvalue weighted by Gasteiger charge is -2.10. The molecule has 0 unspecified atom stereocenters. The van der Waals surface area contributed by atoms with Crippen LogP contribution in [0.1, 0.15) is 38.5 Å². The van der Waals surface area contributed by atoms with Crippen LogP contribution in [-0.4, -0.2) is 27.9 Å². The highest BCUT2D eigenvalue weighted by atomic mass is 35.5. The molecule has 2 N–H and O–H groups in total. The fourth-order valence-corrected chi connectivity index (χ4v) is 3.80. The number of rotatable bonds is 4. The number of anilines is 1. The molecule has 25 heavy (non-hydrogen) atoms. The van der Waals surface area contributed by atoms with Crippen molar-refractivity contribution in [3.05, 3.63) is 29.3 Å². The Kier molecular flexibility index (Phi) is 6.09. The van der Waals surface area contributed by atoms with E-state index in [-0.39, 0.29) is 18.2 Å². The average Bonchev–Trinajstić information content (AvgIpc) is 2.96. The van der Waals surface area contributed by atoms with Gasteiger partial charge in [-0.2, -0.15) is 5.10 Å². The van der Waals surface area contributed by atoms with Crippen molar-refractivity contribution < 1.29 is 9.59 Å². The number of hydrogen-bond donors (Lipinski definition) is 2. The number of carbonyl (C=O) groups excluding carboxylic acids is 2. The lowest BCUT2D eigenvalue weighted by molar-refractivity contribution is -0.122. The Morgan fingerprint density at radius 3 is 2.76 bits per heavy atom. The van der Waals surface area contributed by atoms with Crippen molar-refractivity contribution in [2.24, 2.45) is 10.2 Å². The van der Waals surface area contributed by atoms with Gasteiger partial charge in [-0.25, -0.2) is 0 Å². The number of halogens is 1. The number of amidine groups is 1. The first-order valence-electron chi connectivity index (χ1n) is 8.27. The molecule has 3 rings (SSSR count). The zero-order valence-electron chi connectivity index (χ0n) is 13.6. The Morgan fingerprint density at radius 1 is 1.24 bits per heavy atom. The SMILES string of the molecule is O=C(C[C@H]1S/C(=N/N=C2CCCCC2)NC1=O)Nc1ccccc1Cl. The number of amides is 2. The molecule has 132 valence electrons. The summed E-state index contributed by atoms with van der Waals surface area (Å²) in [6.07, 6.45) is 5.53. The lowest BCUT2D eigenvalue weighted by Crippen LogP contribution is -2.28. The second-order valence-electron chi connectivity index (χ2n) is 5.96. The molecular formula is C17H19ClN4O2S. The second-order valence-corrected chi connectivity index (χ2v) is 7.56. The maximum atomic E-state index is 12.1. The van der Waals surface area contributed by atoms with Crippen LogP contribution < -0.4 is 10.6 Å². The summed E-state index contributed by atoms with van der Waals surface area (Å²) in [6, 6.07) is 6.99. The molecule has 1 aliphatic carbocycles. The molecule has 2 amide bonds. The topological polar surface area (TPSA) is 82.9 Å². The molecule has 1 atom stereocenters. The van der Waals surface area contributed by atoms with E-state index in [0.29, 0.717) is 15.9 Å². The van der Waals surface area contributed by atoms with Gasteiger partial charge < -0.3 is 10.6 Å². The fourth-order valence-electron chi connectivity index (χ4n) is 2.69. The average molecular weight is 379 g/mol. The number of carbonyl (C=O) groups is 2. The van der Waals surface area contributed by atoms with Crippen molar-refractivity contribution >= 4 is 51.7 Å². The Labute approximate surface area is 155 Å². The fraction of sp³-hybridized carbons (Fsp3) is 0.412. The third-order valence-electron chi connectivity index (χ3n) is 4.01. The summed E-state index contributed by atoms with van der Waals surface area (Å²) < 4.78 is 0. The van der Waals surface area contributed by atoms with Gasteiger partial charge in [-0.1, -0.05) is 41.9 Å². The summed E-state index contributed by atoms with van der Waals surface area (Å²) >= 11 is 7.26. The van der Waals surface area contributed by atoms with Gasteiger partial charge in [0, 0.05) is 12.1 Å². The number of nitrogens with zero attached hydrogens (tertiary/aromatic N) is 2. The van der Waals surface area contributed by atoms with Crippen molar-refractivity contribution in [3.8, 4) is 0 Å². The van der Waals surface area contributed by atoms with E-state index in [1.165, 1.54) is 18.2 Å². The minimum atomic E-state index is -0.507. The molecule has 6 nitrogen and oxygen atoms in total. The Hall–Kier alpha value is -1.86. The zero-order valence-corrected chi connectivity index (χ0v) is 15.2. The molecule has 1 aromatic carbocycles. The smallest absolute Gasteiger partial charge is 0.240 e. The first-order chi connectivity index (χ1) is 12.1. The van der Waals surface area contributed by atoms with Gasteiger partial charge in [-0.3, -0.25) is 9.59 Å². The monoisotopic (exact) mass is 378 g/mol. The lowest BCUT2D eigenvalue weighted by atomic mass is 9.99. The standard InChI is InChI=1S/C17H19ClN4O2S/c18-12-8-4-5-9-13(12)19-15(23)10-14-16(24)20-17(25-14)22-21-11-6-2-1-3-7-11/h4-5,8-9,14H,1-3,6-7,10H2,(H,19,23)(H,20,22,24)/t14-/m1/s1. The first-order valence-corrected chi connectivity index (χ1v) is 9.53. The molecule has 2 aliphatic rings. The number of para-hydroxylation sites is 1. The van der Waals surface area contributed by atoms with Gasteiger partial charge >= 0.3 is 0 Å². The van der Waals surface area contributed by atoms with Crippen LogP contribution in [0.2, 0.25) is 5.02 Å². The minimum Gasteiger partial charge on any atom is -0.325 e. The first kappa shape index (κ1) is 17.9. The summed E-state index contributed by atoms with van der Waals surface area (Å²) in [5, 5.41) is 14.2. The third-order valence-corrected chi connectivity index (χ3v) is 5.41. The number of thioether (sulfide) groups is 1. The summed E-state index contributed by atoms with van der Waals surface area (Å²) in [4.78, 5) is 24.2. The zero-order chi connectivity index (χ0) is 17.6. The maximum absolute atomic E-state index is 12.1. The van der Waals surface area contributed by atoms with E-state index in [4.69, 9.17) is 11.6 Å². The van der Waals surface area contributed by atoms with Gasteiger partial charge in [0.1, 0.15) is 5.25 Å². The quantitative estimate of drug-likeness (QED) is 0.785. The molecule has 0 radical (unpaired) electrons. The second kappa shape index (κ2) is 8.49. The van der Waals surface area contributed by atoms with Crippen molar-refractivity contribution in [1.82, 2.24) is 5.32 Å². The summed E-state index contributed by atoms with van der Waals surface area (Å²) in [5.74, 6) is -0.484. The van der Waals surface area contributed by atoms with E-state index in [2.05, 4.69) is 20.8 Å². The highest BCUT2D eigenvalue weighted by molar-refractivity contribution is 8.15. The van der Waals surface area contributed by atoms with E-state index in [1.807, 2.05) is 0 Å². The van der Waals surface area contributed by atoms with Crippen molar-refractivity contribution in [2.75, 3.05) is 5.32 Å². The van der Waals surface area contributed by atoms with Crippen LogP contribution in [-0.2, 0) is 9.59 Å². The Bertz CT molecular complexity index is 727. The molecule has 2 fully saturated rings. The van der Waals surface area contributed by atoms with Gasteiger partial charge in [-0.05, 0) is 37.8 Å². The van der Waals surface area contributed by atoms with Gasteiger partial charge in [-0.15, -0.1) is 5.10 Å². The molecular weight excluding hydrogens is 360 g/mol. The Balaban J connectivity index is 1.55. The number of benzene rings is 1. The predicted octanol–water partition coefficient (Wildman–Crippen LogP) is 3.58. The van der Waals surface area contributed by atoms with Crippen molar-refractivity contribution in [3.63, 3.8) is 0 Å². The van der Waals surface area contributed by atoms with E-state index in [1.54, 1.807) is 24.3 Å². The van der Waals surface area contributed by atoms with Crippen LogP contribution >= 0.6 is 23.4 Å². The van der Waals surface area contributed by atoms with Crippen LogP contribution in [0, 0.1) is 0 Å². The minimum absolute atomic E-state index is 0.0529. The predicted molar refractivity (Wildman–Crippen MR) is 102 cm³/mol. The normalized spacial score (nSPS) is 22.0. The van der Waals surface area contributed by atoms with Crippen LogP contribution in [0.15, 0.2) is 34.5 Å². The van der Waals surface area contributed by atoms with Crippen LogP contribution in [0.3, 0.4) is 0 Å². The van der Waals surface area contributed by atoms with Crippen LogP contribution in [0.25, 0.3) is 0 Å². The molecule has 1 saturated heterocycles. The molecule has 8 heteroatoms. The highest BCUT2D eigenvalue weighted by Gasteiger charge is 2.32. The molecule has 0 bridgehead atoms. The molecule has 1 aromatic rings. The molecule has 1 aliphatic heterocycles. The molecule has 0 spiro atoms. The highest BCUT2D eigenvalue weighted by Crippen LogP contribution is 2.25. The van der Waals surface area contributed by atoms with Crippen molar-refractivity contribution in [2.45, 2.75) is 43.8 Å². The van der Waals surface area contributed by atoms with Gasteiger partial charge in [0.15, 0.2) is 5.17 Å². The van der Waals surface area contributed by atoms with Gasteiger partial charge in [0.05, 0.1) is 10.7 Å². The number of hydrogen-bond acceptors (Lipinski definition) is 5. The van der Waals surface area contributed by atoms with Crippen LogP contribution in [0.5, 0.6) is 0 Å². The van der Waals surface area contributed by atoms with E-state index < -0.39 is 5.25 Å².